The van der Waals surface area contributed by atoms with Crippen LogP contribution in [0.4, 0.5) is 5.82 Å². The molecule has 26 heavy (non-hydrogen) atoms. The zero-order chi connectivity index (χ0) is 18.1. The molecule has 0 radical (unpaired) electrons. The molecule has 1 fully saturated rings. The summed E-state index contributed by atoms with van der Waals surface area (Å²) in [6.45, 7) is 3.33. The number of likely N-dealkylation sites (N-methyl/N-ethyl adjacent to an activating group) is 1. The molecular weight excluding hydrogens is 370 g/mol. The third-order valence-corrected chi connectivity index (χ3v) is 6.74. The summed E-state index contributed by atoms with van der Waals surface area (Å²) in [6, 6.07) is 0. The second kappa shape index (κ2) is 7.67. The van der Waals surface area contributed by atoms with Crippen molar-refractivity contribution in [2.75, 3.05) is 38.2 Å². The van der Waals surface area contributed by atoms with E-state index in [2.05, 4.69) is 27.2 Å². The molecule has 4 rings (SSSR count). The van der Waals surface area contributed by atoms with Gasteiger partial charge in [0.2, 0.25) is 5.91 Å². The van der Waals surface area contributed by atoms with E-state index in [1.807, 2.05) is 0 Å². The zero-order valence-corrected chi connectivity index (χ0v) is 16.4. The van der Waals surface area contributed by atoms with Gasteiger partial charge in [-0.05, 0) is 31.9 Å². The first-order valence-corrected chi connectivity index (χ1v) is 10.7. The monoisotopic (exact) mass is 393 g/mol. The second-order valence-electron chi connectivity index (χ2n) is 6.79. The number of nitrogens with one attached hydrogen (secondary N) is 1. The van der Waals surface area contributed by atoms with E-state index in [0.29, 0.717) is 17.5 Å². The number of fused-ring (bicyclic) bond motifs is 3. The first-order valence-electron chi connectivity index (χ1n) is 8.87. The van der Waals surface area contributed by atoms with Gasteiger partial charge in [0, 0.05) is 31.1 Å². The van der Waals surface area contributed by atoms with Gasteiger partial charge in [-0.1, -0.05) is 11.8 Å². The average molecular weight is 394 g/mol. The Morgan fingerprint density at radius 2 is 2.38 bits per heavy atom. The zero-order valence-electron chi connectivity index (χ0n) is 14.8. The fourth-order valence-electron chi connectivity index (χ4n) is 3.41. The molecule has 0 aliphatic carbocycles. The van der Waals surface area contributed by atoms with Crippen LogP contribution in [0.1, 0.15) is 23.3 Å². The number of carbonyl (C=O) groups excluding carboxylic acids is 1. The average Bonchev–Trinajstić information content (AvgIpc) is 3.24. The highest BCUT2D eigenvalue weighted by atomic mass is 32.2. The summed E-state index contributed by atoms with van der Waals surface area (Å²) in [4.78, 5) is 25.7. The summed E-state index contributed by atoms with van der Waals surface area (Å²) in [5, 5.41) is 4.49. The van der Waals surface area contributed by atoms with Crippen LogP contribution in [0.5, 0.6) is 0 Å². The largest absolute Gasteiger partial charge is 0.383 e. The Morgan fingerprint density at radius 3 is 3.19 bits per heavy atom. The van der Waals surface area contributed by atoms with Gasteiger partial charge in [0.15, 0.2) is 5.16 Å². The van der Waals surface area contributed by atoms with Crippen molar-refractivity contribution in [3.05, 3.63) is 10.4 Å². The van der Waals surface area contributed by atoms with Crippen LogP contribution in [0.15, 0.2) is 5.16 Å². The van der Waals surface area contributed by atoms with E-state index >= 15 is 0 Å². The van der Waals surface area contributed by atoms with Crippen molar-refractivity contribution in [3.8, 4) is 0 Å². The van der Waals surface area contributed by atoms with Crippen molar-refractivity contribution < 1.29 is 9.53 Å². The highest BCUT2D eigenvalue weighted by molar-refractivity contribution is 7.99. The van der Waals surface area contributed by atoms with E-state index in [-0.39, 0.29) is 17.8 Å². The van der Waals surface area contributed by atoms with Gasteiger partial charge >= 0.3 is 0 Å². The molecule has 1 saturated heterocycles. The molecule has 0 saturated carbocycles. The fourth-order valence-corrected chi connectivity index (χ4v) is 5.46. The van der Waals surface area contributed by atoms with Gasteiger partial charge in [-0.15, -0.1) is 11.3 Å². The highest BCUT2D eigenvalue weighted by Gasteiger charge is 2.22. The van der Waals surface area contributed by atoms with Gasteiger partial charge in [-0.3, -0.25) is 4.79 Å². The summed E-state index contributed by atoms with van der Waals surface area (Å²) in [6.07, 6.45) is 3.23. The van der Waals surface area contributed by atoms with Crippen molar-refractivity contribution in [2.45, 2.75) is 37.1 Å². The minimum absolute atomic E-state index is 0.0279. The first kappa shape index (κ1) is 18.0. The maximum Gasteiger partial charge on any atom is 0.230 e. The van der Waals surface area contributed by atoms with Gasteiger partial charge in [-0.2, -0.15) is 0 Å². The molecule has 1 amide bonds. The number of hydrogen-bond acceptors (Lipinski definition) is 8. The number of nitrogen functional groups attached to an aromatic ring is 1. The number of thioether (sulfide) groups is 1. The van der Waals surface area contributed by atoms with Gasteiger partial charge < -0.3 is 20.7 Å². The van der Waals surface area contributed by atoms with Crippen LogP contribution in [0.3, 0.4) is 0 Å². The number of hydrogen-bond donors (Lipinski definition) is 2. The fraction of sp³-hybridized carbons (Fsp3) is 0.588. The van der Waals surface area contributed by atoms with Crippen molar-refractivity contribution >= 4 is 45.0 Å². The molecule has 140 valence electrons. The number of rotatable bonds is 5. The van der Waals surface area contributed by atoms with Crippen molar-refractivity contribution in [3.63, 3.8) is 0 Å². The molecular formula is C17H23N5O2S2. The normalized spacial score (nSPS) is 20.4. The Morgan fingerprint density at radius 1 is 1.50 bits per heavy atom. The van der Waals surface area contributed by atoms with Crippen molar-refractivity contribution in [2.24, 2.45) is 0 Å². The van der Waals surface area contributed by atoms with Crippen LogP contribution in [0, 0.1) is 0 Å². The van der Waals surface area contributed by atoms with Gasteiger partial charge in [0.25, 0.3) is 0 Å². The Balaban J connectivity index is 1.41. The number of thiophene rings is 1. The number of carbonyl (C=O) groups is 1. The predicted octanol–water partition coefficient (Wildman–Crippen LogP) is 1.65. The van der Waals surface area contributed by atoms with Crippen molar-refractivity contribution in [1.82, 2.24) is 20.2 Å². The van der Waals surface area contributed by atoms with E-state index in [4.69, 9.17) is 10.5 Å². The minimum atomic E-state index is -0.0279. The van der Waals surface area contributed by atoms with E-state index in [0.717, 1.165) is 49.2 Å². The lowest BCUT2D eigenvalue weighted by Gasteiger charge is -2.22. The molecule has 1 atom stereocenters. The second-order valence-corrected chi connectivity index (χ2v) is 8.82. The number of aromatic nitrogens is 2. The van der Waals surface area contributed by atoms with E-state index < -0.39 is 0 Å². The predicted molar refractivity (Wildman–Crippen MR) is 105 cm³/mol. The van der Waals surface area contributed by atoms with Crippen LogP contribution < -0.4 is 11.1 Å². The lowest BCUT2D eigenvalue weighted by Crippen LogP contribution is -2.32. The topological polar surface area (TPSA) is 93.4 Å². The molecule has 9 heteroatoms. The third-order valence-electron chi connectivity index (χ3n) is 4.78. The van der Waals surface area contributed by atoms with Crippen LogP contribution in [-0.2, 0) is 22.5 Å². The molecule has 2 aliphatic rings. The summed E-state index contributed by atoms with van der Waals surface area (Å²) in [5.74, 6) is 0.782. The summed E-state index contributed by atoms with van der Waals surface area (Å²) < 4.78 is 5.51. The van der Waals surface area contributed by atoms with E-state index in [1.54, 1.807) is 11.3 Å². The van der Waals surface area contributed by atoms with Crippen LogP contribution in [0.2, 0.25) is 0 Å². The molecule has 0 spiro atoms. The van der Waals surface area contributed by atoms with E-state index in [1.165, 1.54) is 22.2 Å². The van der Waals surface area contributed by atoms with Crippen LogP contribution >= 0.6 is 23.1 Å². The molecule has 0 unspecified atom stereocenters. The smallest absolute Gasteiger partial charge is 0.230 e. The first-order chi connectivity index (χ1) is 12.6. The molecule has 4 heterocycles. The SMILES string of the molecule is CN1CCc2c(sc3nc(SCC(=O)NC[C@H]4CCCO4)nc(N)c23)C1. The summed E-state index contributed by atoms with van der Waals surface area (Å²) in [7, 11) is 2.12. The molecule has 3 N–H and O–H groups in total. The molecule has 7 nitrogen and oxygen atoms in total. The molecule has 2 aliphatic heterocycles. The van der Waals surface area contributed by atoms with Gasteiger partial charge in [-0.25, -0.2) is 9.97 Å². The number of anilines is 1. The maximum absolute atomic E-state index is 12.0. The Labute approximate surface area is 160 Å². The number of ether oxygens (including phenoxy) is 1. The van der Waals surface area contributed by atoms with Gasteiger partial charge in [0.05, 0.1) is 17.2 Å². The Kier molecular flexibility index (Phi) is 5.30. The van der Waals surface area contributed by atoms with Crippen LogP contribution in [-0.4, -0.2) is 59.4 Å². The Bertz CT molecular complexity index is 819. The highest BCUT2D eigenvalue weighted by Crippen LogP contribution is 2.37. The van der Waals surface area contributed by atoms with Gasteiger partial charge in [0.1, 0.15) is 10.6 Å². The lowest BCUT2D eigenvalue weighted by atomic mass is 10.1. The molecule has 2 aromatic rings. The number of amides is 1. The molecule has 2 aromatic heterocycles. The maximum atomic E-state index is 12.0. The summed E-state index contributed by atoms with van der Waals surface area (Å²) in [5.41, 5.74) is 7.52. The number of nitrogens with two attached hydrogens (primary N) is 1. The lowest BCUT2D eigenvalue weighted by molar-refractivity contribution is -0.119. The van der Waals surface area contributed by atoms with Crippen molar-refractivity contribution in [1.29, 1.82) is 0 Å². The summed E-state index contributed by atoms with van der Waals surface area (Å²) >= 11 is 3.02. The van der Waals surface area contributed by atoms with Crippen LogP contribution in [0.25, 0.3) is 10.2 Å². The minimum Gasteiger partial charge on any atom is -0.383 e. The van der Waals surface area contributed by atoms with E-state index in [9.17, 15) is 4.79 Å². The Hall–Kier alpha value is -1.42. The molecule has 0 aromatic carbocycles. The third kappa shape index (κ3) is 3.80. The standard InChI is InChI=1S/C17H23N5O2S2/c1-22-5-4-11-12(8-22)26-16-14(11)15(18)20-17(21-16)25-9-13(23)19-7-10-3-2-6-24-10/h10H,2-9H2,1H3,(H,19,23)(H2,18,20,21)/t10-/m1/s1. The number of nitrogens with zero attached hydrogens (tertiary/aromatic N) is 3. The quantitative estimate of drug-likeness (QED) is 0.589. The molecule has 0 bridgehead atoms.